The van der Waals surface area contributed by atoms with E-state index in [0.717, 1.165) is 49.4 Å². The summed E-state index contributed by atoms with van der Waals surface area (Å²) in [6.07, 6.45) is 1.19. The van der Waals surface area contributed by atoms with Crippen LogP contribution in [0.5, 0.6) is 0 Å². The maximum absolute atomic E-state index is 13.4. The first-order valence-electron chi connectivity index (χ1n) is 11.4. The lowest BCUT2D eigenvalue weighted by Crippen LogP contribution is -2.43. The van der Waals surface area contributed by atoms with Gasteiger partial charge in [0.2, 0.25) is 5.91 Å². The second kappa shape index (κ2) is 9.13. The number of carbonyl (C=O) groups excluding carboxylic acids is 1. The topological polar surface area (TPSA) is 35.6 Å². The number of fused-ring (bicyclic) bond motifs is 1. The second-order valence-electron chi connectivity index (χ2n) is 8.68. The van der Waals surface area contributed by atoms with E-state index in [1.807, 2.05) is 35.2 Å². The summed E-state index contributed by atoms with van der Waals surface area (Å²) < 4.78 is 13.4. The van der Waals surface area contributed by atoms with Gasteiger partial charge in [-0.25, -0.2) is 4.39 Å². The number of amides is 1. The Bertz CT molecular complexity index is 1080. The second-order valence-corrected chi connectivity index (χ2v) is 8.68. The lowest BCUT2D eigenvalue weighted by atomic mass is 9.84. The van der Waals surface area contributed by atoms with Gasteiger partial charge in [0.05, 0.1) is 6.54 Å². The molecule has 4 nitrogen and oxygen atoms in total. The SMILES string of the molecule is O=C1CC(Cc2ccc(F)cc2)c2cc(N3CCNCC3)ccc2N1Cc1ccccc1. The van der Waals surface area contributed by atoms with E-state index in [1.54, 1.807) is 0 Å². The molecule has 0 aliphatic carbocycles. The van der Waals surface area contributed by atoms with Crippen molar-refractivity contribution in [3.05, 3.63) is 95.3 Å². The Morgan fingerprint density at radius 3 is 2.41 bits per heavy atom. The Kier molecular flexibility index (Phi) is 5.91. The number of anilines is 2. The third-order valence-electron chi connectivity index (χ3n) is 6.52. The number of benzene rings is 3. The van der Waals surface area contributed by atoms with Crippen molar-refractivity contribution in [2.45, 2.75) is 25.3 Å². The van der Waals surface area contributed by atoms with Crippen molar-refractivity contribution in [3.63, 3.8) is 0 Å². The van der Waals surface area contributed by atoms with Crippen molar-refractivity contribution in [1.29, 1.82) is 0 Å². The van der Waals surface area contributed by atoms with Gasteiger partial charge >= 0.3 is 0 Å². The molecule has 1 saturated heterocycles. The number of halogens is 1. The zero-order valence-corrected chi connectivity index (χ0v) is 18.1. The van der Waals surface area contributed by atoms with Gasteiger partial charge in [-0.15, -0.1) is 0 Å². The van der Waals surface area contributed by atoms with Crippen LogP contribution >= 0.6 is 0 Å². The molecule has 5 rings (SSSR count). The highest BCUT2D eigenvalue weighted by atomic mass is 19.1. The van der Waals surface area contributed by atoms with Crippen LogP contribution in [0.3, 0.4) is 0 Å². The van der Waals surface area contributed by atoms with E-state index in [-0.39, 0.29) is 17.6 Å². The van der Waals surface area contributed by atoms with Crippen LogP contribution in [-0.2, 0) is 17.8 Å². The van der Waals surface area contributed by atoms with E-state index in [1.165, 1.54) is 23.4 Å². The predicted octanol–water partition coefficient (Wildman–Crippen LogP) is 4.50. The zero-order valence-electron chi connectivity index (χ0n) is 18.1. The fraction of sp³-hybridized carbons (Fsp3) is 0.296. The van der Waals surface area contributed by atoms with Gasteiger partial charge in [-0.2, -0.15) is 0 Å². The minimum atomic E-state index is -0.232. The Balaban J connectivity index is 1.50. The van der Waals surface area contributed by atoms with Gasteiger partial charge in [0, 0.05) is 44.0 Å². The van der Waals surface area contributed by atoms with Gasteiger partial charge in [0.15, 0.2) is 0 Å². The van der Waals surface area contributed by atoms with Crippen LogP contribution in [0.4, 0.5) is 15.8 Å². The Hall–Kier alpha value is -3.18. The van der Waals surface area contributed by atoms with E-state index in [9.17, 15) is 9.18 Å². The molecule has 2 aliphatic heterocycles. The van der Waals surface area contributed by atoms with Gasteiger partial charge in [0.25, 0.3) is 0 Å². The maximum atomic E-state index is 13.4. The molecule has 1 atom stereocenters. The monoisotopic (exact) mass is 429 g/mol. The zero-order chi connectivity index (χ0) is 21.9. The van der Waals surface area contributed by atoms with Gasteiger partial charge in [0.1, 0.15) is 5.82 Å². The number of rotatable bonds is 5. The molecule has 164 valence electrons. The molecule has 0 aromatic heterocycles. The predicted molar refractivity (Wildman–Crippen MR) is 127 cm³/mol. The van der Waals surface area contributed by atoms with Crippen LogP contribution in [0.2, 0.25) is 0 Å². The average molecular weight is 430 g/mol. The molecule has 32 heavy (non-hydrogen) atoms. The summed E-state index contributed by atoms with van der Waals surface area (Å²) in [5, 5.41) is 3.41. The molecule has 1 amide bonds. The molecule has 1 fully saturated rings. The van der Waals surface area contributed by atoms with Crippen LogP contribution in [0.25, 0.3) is 0 Å². The molecular weight excluding hydrogens is 401 g/mol. The maximum Gasteiger partial charge on any atom is 0.227 e. The van der Waals surface area contributed by atoms with Crippen LogP contribution in [0.15, 0.2) is 72.8 Å². The summed E-state index contributed by atoms with van der Waals surface area (Å²) >= 11 is 0. The number of hydrogen-bond donors (Lipinski definition) is 1. The summed E-state index contributed by atoms with van der Waals surface area (Å²) in [5.41, 5.74) is 5.59. The van der Waals surface area contributed by atoms with Crippen LogP contribution in [-0.4, -0.2) is 32.1 Å². The molecule has 0 bridgehead atoms. The molecule has 0 saturated carbocycles. The average Bonchev–Trinajstić information content (AvgIpc) is 2.84. The number of piperazine rings is 1. The number of carbonyl (C=O) groups is 1. The Morgan fingerprint density at radius 1 is 0.906 bits per heavy atom. The van der Waals surface area contributed by atoms with Gasteiger partial charge < -0.3 is 15.1 Å². The normalized spacial score (nSPS) is 18.5. The quantitative estimate of drug-likeness (QED) is 0.649. The molecule has 0 radical (unpaired) electrons. The highest BCUT2D eigenvalue weighted by molar-refractivity contribution is 5.97. The number of hydrogen-bond acceptors (Lipinski definition) is 3. The molecule has 2 heterocycles. The first-order valence-corrected chi connectivity index (χ1v) is 11.4. The van der Waals surface area contributed by atoms with Crippen LogP contribution in [0, 0.1) is 5.82 Å². The highest BCUT2D eigenvalue weighted by Crippen LogP contribution is 2.41. The van der Waals surface area contributed by atoms with Crippen molar-refractivity contribution in [3.8, 4) is 0 Å². The highest BCUT2D eigenvalue weighted by Gasteiger charge is 2.32. The fourth-order valence-corrected chi connectivity index (χ4v) is 4.83. The molecule has 3 aromatic rings. The van der Waals surface area contributed by atoms with E-state index in [0.29, 0.717) is 13.0 Å². The summed E-state index contributed by atoms with van der Waals surface area (Å²) in [7, 11) is 0. The van der Waals surface area contributed by atoms with Crippen LogP contribution < -0.4 is 15.1 Å². The van der Waals surface area contributed by atoms with E-state index < -0.39 is 0 Å². The minimum Gasteiger partial charge on any atom is -0.369 e. The first-order chi connectivity index (χ1) is 15.7. The smallest absolute Gasteiger partial charge is 0.227 e. The molecule has 5 heteroatoms. The van der Waals surface area contributed by atoms with E-state index in [2.05, 4.69) is 40.5 Å². The summed E-state index contributed by atoms with van der Waals surface area (Å²) in [6, 6.07) is 23.3. The van der Waals surface area contributed by atoms with Crippen molar-refractivity contribution in [2.24, 2.45) is 0 Å². The summed E-state index contributed by atoms with van der Waals surface area (Å²) in [5.74, 6) is -0.00913. The third kappa shape index (κ3) is 4.39. The van der Waals surface area contributed by atoms with Gasteiger partial charge in [-0.3, -0.25) is 4.79 Å². The Labute approximate surface area is 188 Å². The third-order valence-corrected chi connectivity index (χ3v) is 6.52. The summed E-state index contributed by atoms with van der Waals surface area (Å²) in [4.78, 5) is 17.6. The van der Waals surface area contributed by atoms with Gasteiger partial charge in [-0.1, -0.05) is 42.5 Å². The lowest BCUT2D eigenvalue weighted by Gasteiger charge is -2.36. The molecule has 3 aromatic carbocycles. The first kappa shape index (κ1) is 20.7. The summed E-state index contributed by atoms with van der Waals surface area (Å²) in [6.45, 7) is 4.49. The lowest BCUT2D eigenvalue weighted by molar-refractivity contribution is -0.119. The standard InChI is InChI=1S/C27H28FN3O/c28-23-8-6-20(7-9-23)16-22-17-27(32)31(19-21-4-2-1-3-5-21)26-11-10-24(18-25(22)26)30-14-12-29-13-15-30/h1-11,18,22,29H,12-17,19H2. The number of nitrogens with one attached hydrogen (secondary N) is 1. The molecule has 1 N–H and O–H groups in total. The van der Waals surface area contributed by atoms with Gasteiger partial charge in [-0.05, 0) is 59.4 Å². The Morgan fingerprint density at radius 2 is 1.66 bits per heavy atom. The largest absolute Gasteiger partial charge is 0.369 e. The molecular formula is C27H28FN3O. The van der Waals surface area contributed by atoms with Crippen molar-refractivity contribution in [1.82, 2.24) is 5.32 Å². The number of nitrogens with zero attached hydrogens (tertiary/aromatic N) is 2. The van der Waals surface area contributed by atoms with Crippen molar-refractivity contribution in [2.75, 3.05) is 36.0 Å². The molecule has 2 aliphatic rings. The van der Waals surface area contributed by atoms with E-state index >= 15 is 0 Å². The minimum absolute atomic E-state index is 0.0813. The molecule has 0 spiro atoms. The van der Waals surface area contributed by atoms with Crippen molar-refractivity contribution < 1.29 is 9.18 Å². The molecule has 1 unspecified atom stereocenters. The van der Waals surface area contributed by atoms with Crippen molar-refractivity contribution >= 4 is 17.3 Å². The van der Waals surface area contributed by atoms with Crippen LogP contribution in [0.1, 0.15) is 29.0 Å². The fourth-order valence-electron chi connectivity index (χ4n) is 4.83. The van der Waals surface area contributed by atoms with E-state index in [4.69, 9.17) is 0 Å².